The predicted octanol–water partition coefficient (Wildman–Crippen LogP) is 2.80. The summed E-state index contributed by atoms with van der Waals surface area (Å²) in [5.41, 5.74) is 0.182. The fourth-order valence-electron chi connectivity index (χ4n) is 2.72. The molecule has 1 aliphatic rings. The van der Waals surface area contributed by atoms with E-state index in [0.29, 0.717) is 18.4 Å². The third kappa shape index (κ3) is 2.73. The summed E-state index contributed by atoms with van der Waals surface area (Å²) in [7, 11) is -4.13. The molecular formula is C16H13F2NO4S. The van der Waals surface area contributed by atoms with Crippen molar-refractivity contribution in [3.05, 3.63) is 59.2 Å². The highest BCUT2D eigenvalue weighted by Gasteiger charge is 2.30. The Balaban J connectivity index is 2.12. The second kappa shape index (κ2) is 5.86. The van der Waals surface area contributed by atoms with Gasteiger partial charge in [0.2, 0.25) is 0 Å². The number of nitrogens with zero attached hydrogens (tertiary/aromatic N) is 1. The predicted molar refractivity (Wildman–Crippen MR) is 82.6 cm³/mol. The van der Waals surface area contributed by atoms with Gasteiger partial charge in [0, 0.05) is 6.54 Å². The maximum Gasteiger partial charge on any atom is 0.338 e. The van der Waals surface area contributed by atoms with Crippen molar-refractivity contribution in [1.82, 2.24) is 0 Å². The van der Waals surface area contributed by atoms with E-state index < -0.39 is 33.2 Å². The zero-order valence-corrected chi connectivity index (χ0v) is 13.2. The number of anilines is 1. The van der Waals surface area contributed by atoms with E-state index in [0.717, 1.165) is 28.6 Å². The molecule has 5 nitrogen and oxygen atoms in total. The summed E-state index contributed by atoms with van der Waals surface area (Å²) in [4.78, 5) is 10.7. The zero-order valence-electron chi connectivity index (χ0n) is 12.4. The molecule has 0 bridgehead atoms. The molecule has 0 saturated carbocycles. The van der Waals surface area contributed by atoms with E-state index >= 15 is 0 Å². The number of carbonyl (C=O) groups is 1. The van der Waals surface area contributed by atoms with Crippen LogP contribution in [0.15, 0.2) is 41.3 Å². The lowest BCUT2D eigenvalue weighted by atomic mass is 10.0. The Hall–Kier alpha value is -2.48. The fourth-order valence-corrected chi connectivity index (χ4v) is 4.28. The minimum Gasteiger partial charge on any atom is -0.478 e. The van der Waals surface area contributed by atoms with Gasteiger partial charge in [-0.2, -0.15) is 0 Å². The Bertz CT molecular complexity index is 928. The highest BCUT2D eigenvalue weighted by molar-refractivity contribution is 7.92. The first-order chi connectivity index (χ1) is 11.3. The third-order valence-corrected chi connectivity index (χ3v) is 5.69. The quantitative estimate of drug-likeness (QED) is 0.921. The summed E-state index contributed by atoms with van der Waals surface area (Å²) in [6, 6.07) is 6.50. The van der Waals surface area contributed by atoms with Crippen LogP contribution in [0.1, 0.15) is 22.3 Å². The average Bonchev–Trinajstić information content (AvgIpc) is 2.54. The van der Waals surface area contributed by atoms with Crippen molar-refractivity contribution in [3.63, 3.8) is 0 Å². The second-order valence-electron chi connectivity index (χ2n) is 5.40. The van der Waals surface area contributed by atoms with Crippen LogP contribution in [0.4, 0.5) is 14.5 Å². The average molecular weight is 353 g/mol. The molecule has 0 aliphatic carbocycles. The molecule has 3 rings (SSSR count). The van der Waals surface area contributed by atoms with Gasteiger partial charge in [0.05, 0.1) is 16.1 Å². The molecule has 0 atom stereocenters. The van der Waals surface area contributed by atoms with Crippen LogP contribution in [0.5, 0.6) is 0 Å². The number of halogens is 2. The third-order valence-electron chi connectivity index (χ3n) is 3.88. The van der Waals surface area contributed by atoms with Crippen molar-refractivity contribution in [2.24, 2.45) is 0 Å². The molecule has 2 aromatic carbocycles. The van der Waals surface area contributed by atoms with Gasteiger partial charge in [-0.25, -0.2) is 22.0 Å². The first-order valence-electron chi connectivity index (χ1n) is 7.15. The lowest BCUT2D eigenvalue weighted by molar-refractivity contribution is 0.0691. The molecule has 24 heavy (non-hydrogen) atoms. The van der Waals surface area contributed by atoms with E-state index in [4.69, 9.17) is 5.11 Å². The lowest BCUT2D eigenvalue weighted by Gasteiger charge is -2.30. The first-order valence-corrected chi connectivity index (χ1v) is 8.59. The summed E-state index contributed by atoms with van der Waals surface area (Å²) in [6.45, 7) is 0.137. The number of sulfonamides is 1. The van der Waals surface area contributed by atoms with Gasteiger partial charge in [0.25, 0.3) is 10.0 Å². The molecule has 0 fully saturated rings. The first kappa shape index (κ1) is 16.4. The largest absolute Gasteiger partial charge is 0.478 e. The van der Waals surface area contributed by atoms with Gasteiger partial charge in [0.15, 0.2) is 0 Å². The Morgan fingerprint density at radius 1 is 1.12 bits per heavy atom. The summed E-state index contributed by atoms with van der Waals surface area (Å²) < 4.78 is 53.7. The van der Waals surface area contributed by atoms with Crippen LogP contribution in [0.25, 0.3) is 0 Å². The van der Waals surface area contributed by atoms with Gasteiger partial charge in [-0.1, -0.05) is 6.07 Å². The van der Waals surface area contributed by atoms with Gasteiger partial charge in [0.1, 0.15) is 11.6 Å². The van der Waals surface area contributed by atoms with Crippen LogP contribution in [-0.4, -0.2) is 26.0 Å². The molecule has 1 N–H and O–H groups in total. The lowest BCUT2D eigenvalue weighted by Crippen LogP contribution is -2.35. The van der Waals surface area contributed by atoms with Crippen LogP contribution in [0.2, 0.25) is 0 Å². The molecule has 0 aromatic heterocycles. The highest BCUT2D eigenvalue weighted by atomic mass is 32.2. The van der Waals surface area contributed by atoms with Crippen molar-refractivity contribution in [3.8, 4) is 0 Å². The normalized spacial score (nSPS) is 14.3. The Morgan fingerprint density at radius 3 is 2.58 bits per heavy atom. The summed E-state index contributed by atoms with van der Waals surface area (Å²) >= 11 is 0. The number of carboxylic acids is 1. The van der Waals surface area contributed by atoms with Crippen LogP contribution in [0, 0.1) is 11.6 Å². The summed E-state index contributed by atoms with van der Waals surface area (Å²) in [6.07, 6.45) is 1.16. The Labute approximate surface area is 137 Å². The SMILES string of the molecule is O=C(O)c1cc(S(=O)(=O)N2CCCc3ccc(F)cc32)ccc1F. The minimum absolute atomic E-state index is 0.137. The molecule has 0 saturated heterocycles. The number of rotatable bonds is 3. The smallest absolute Gasteiger partial charge is 0.338 e. The van der Waals surface area contributed by atoms with Crippen molar-refractivity contribution in [2.45, 2.75) is 17.7 Å². The van der Waals surface area contributed by atoms with Gasteiger partial charge >= 0.3 is 5.97 Å². The number of benzene rings is 2. The molecule has 126 valence electrons. The number of hydrogen-bond acceptors (Lipinski definition) is 3. The van der Waals surface area contributed by atoms with Crippen molar-refractivity contribution >= 4 is 21.7 Å². The molecule has 0 spiro atoms. The molecule has 0 amide bonds. The number of carboxylic acid groups (broad SMARTS) is 1. The Kier molecular flexibility index (Phi) is 4.00. The molecule has 0 radical (unpaired) electrons. The van der Waals surface area contributed by atoms with E-state index in [1.165, 1.54) is 12.1 Å². The van der Waals surface area contributed by atoms with E-state index in [2.05, 4.69) is 0 Å². The standard InChI is InChI=1S/C16H13F2NO4S/c17-11-4-3-10-2-1-7-19(15(10)8-11)24(22,23)12-5-6-14(18)13(9-12)16(20)21/h3-6,8-9H,1-2,7H2,(H,20,21). The van der Waals surface area contributed by atoms with Crippen molar-refractivity contribution < 1.29 is 27.1 Å². The summed E-state index contributed by atoms with van der Waals surface area (Å²) in [5, 5.41) is 8.96. The molecule has 2 aromatic rings. The number of fused-ring (bicyclic) bond motifs is 1. The summed E-state index contributed by atoms with van der Waals surface area (Å²) in [5.74, 6) is -3.15. The van der Waals surface area contributed by atoms with Crippen LogP contribution in [-0.2, 0) is 16.4 Å². The topological polar surface area (TPSA) is 74.7 Å². The van der Waals surface area contributed by atoms with E-state index in [1.54, 1.807) is 0 Å². The number of aryl methyl sites for hydroxylation is 1. The molecule has 1 heterocycles. The number of aromatic carboxylic acids is 1. The van der Waals surface area contributed by atoms with Gasteiger partial charge in [-0.15, -0.1) is 0 Å². The van der Waals surface area contributed by atoms with Crippen molar-refractivity contribution in [1.29, 1.82) is 0 Å². The van der Waals surface area contributed by atoms with Gasteiger partial charge < -0.3 is 5.11 Å². The van der Waals surface area contributed by atoms with Gasteiger partial charge in [-0.05, 0) is 48.7 Å². The maximum absolute atomic E-state index is 13.5. The van der Waals surface area contributed by atoms with Gasteiger partial charge in [-0.3, -0.25) is 4.31 Å². The monoisotopic (exact) mass is 353 g/mol. The molecular weight excluding hydrogens is 340 g/mol. The van der Waals surface area contributed by atoms with Crippen LogP contribution in [0.3, 0.4) is 0 Å². The van der Waals surface area contributed by atoms with Crippen molar-refractivity contribution in [2.75, 3.05) is 10.8 Å². The fraction of sp³-hybridized carbons (Fsp3) is 0.188. The zero-order chi connectivity index (χ0) is 17.5. The van der Waals surface area contributed by atoms with E-state index in [9.17, 15) is 22.0 Å². The number of hydrogen-bond donors (Lipinski definition) is 1. The molecule has 1 aliphatic heterocycles. The van der Waals surface area contributed by atoms with Crippen LogP contribution >= 0.6 is 0 Å². The van der Waals surface area contributed by atoms with E-state index in [1.807, 2.05) is 0 Å². The Morgan fingerprint density at radius 2 is 1.88 bits per heavy atom. The minimum atomic E-state index is -4.13. The molecule has 0 unspecified atom stereocenters. The maximum atomic E-state index is 13.5. The second-order valence-corrected chi connectivity index (χ2v) is 7.26. The molecule has 8 heteroatoms. The van der Waals surface area contributed by atoms with Crippen LogP contribution < -0.4 is 4.31 Å². The van der Waals surface area contributed by atoms with E-state index in [-0.39, 0.29) is 17.1 Å². The highest BCUT2D eigenvalue weighted by Crippen LogP contribution is 2.33.